The number of rotatable bonds is 4. The van der Waals surface area contributed by atoms with E-state index in [1.165, 1.54) is 5.48 Å². The Morgan fingerprint density at radius 3 is 2.08 bits per heavy atom. The molecule has 1 atom stereocenters. The van der Waals surface area contributed by atoms with E-state index in [4.69, 9.17) is 14.7 Å². The Labute approximate surface area is 72.5 Å². The normalized spacial score (nSPS) is 16.3. The van der Waals surface area contributed by atoms with Crippen LogP contribution in [-0.4, -0.2) is 20.6 Å². The van der Waals surface area contributed by atoms with Gasteiger partial charge in [0.2, 0.25) is 5.91 Å². The number of hydroxylamine groups is 1. The van der Waals surface area contributed by atoms with Gasteiger partial charge in [-0.2, -0.15) is 8.94 Å². The summed E-state index contributed by atoms with van der Waals surface area (Å²) in [6.45, 7) is 0.956. The lowest BCUT2D eigenvalue weighted by atomic mass is 10.8. The van der Waals surface area contributed by atoms with Crippen molar-refractivity contribution in [3.8, 4) is 0 Å². The molecule has 1 unspecified atom stereocenters. The van der Waals surface area contributed by atoms with Gasteiger partial charge in [-0.3, -0.25) is 4.79 Å². The second-order valence-electron chi connectivity index (χ2n) is 1.79. The van der Waals surface area contributed by atoms with Gasteiger partial charge < -0.3 is 14.7 Å². The molecule has 0 aliphatic carbocycles. The summed E-state index contributed by atoms with van der Waals surface area (Å²) in [5.74, 6) is -0.830. The van der Waals surface area contributed by atoms with Crippen molar-refractivity contribution in [3.63, 3.8) is 0 Å². The van der Waals surface area contributed by atoms with Gasteiger partial charge in [-0.25, -0.2) is 14.6 Å². The van der Waals surface area contributed by atoms with Crippen LogP contribution in [0.4, 0.5) is 0 Å². The molecule has 0 aromatic heterocycles. The van der Waals surface area contributed by atoms with Gasteiger partial charge in [0, 0.05) is 6.92 Å². The molecule has 0 rings (SSSR count). The van der Waals surface area contributed by atoms with Crippen LogP contribution >= 0.6 is 15.6 Å². The van der Waals surface area contributed by atoms with Crippen molar-refractivity contribution in [2.24, 2.45) is 0 Å². The molecule has 13 heavy (non-hydrogen) atoms. The predicted octanol–water partition coefficient (Wildman–Crippen LogP) is -0.736. The van der Waals surface area contributed by atoms with Crippen LogP contribution in [0.15, 0.2) is 0 Å². The largest absolute Gasteiger partial charge is 0.502 e. The fourth-order valence-electron chi connectivity index (χ4n) is 0.273. The molecule has 0 bridgehead atoms. The maximum Gasteiger partial charge on any atom is 0.502 e. The van der Waals surface area contributed by atoms with E-state index in [9.17, 15) is 13.9 Å². The number of phosphoric acid groups is 2. The topological polar surface area (TPSA) is 142 Å². The summed E-state index contributed by atoms with van der Waals surface area (Å²) in [6.07, 6.45) is 0. The van der Waals surface area contributed by atoms with E-state index >= 15 is 0 Å². The highest BCUT2D eigenvalue weighted by Gasteiger charge is 2.33. The zero-order valence-corrected chi connectivity index (χ0v) is 8.07. The van der Waals surface area contributed by atoms with Crippen molar-refractivity contribution in [2.75, 3.05) is 0 Å². The van der Waals surface area contributed by atoms with Crippen LogP contribution in [0.2, 0.25) is 0 Å². The first-order chi connectivity index (χ1) is 5.62. The Hall–Kier alpha value is -0.270. The van der Waals surface area contributed by atoms with Gasteiger partial charge in [-0.05, 0) is 0 Å². The van der Waals surface area contributed by atoms with Gasteiger partial charge in [0.1, 0.15) is 0 Å². The van der Waals surface area contributed by atoms with Crippen LogP contribution in [-0.2, 0) is 22.9 Å². The summed E-state index contributed by atoms with van der Waals surface area (Å²) in [6, 6.07) is 0. The SMILES string of the molecule is CC(=O)NOP(=O)(O)OP(=O)(O)O. The minimum Gasteiger partial charge on any atom is -0.302 e. The molecule has 0 fully saturated rings. The summed E-state index contributed by atoms with van der Waals surface area (Å²) in [5.41, 5.74) is 1.39. The standard InChI is InChI=1S/C2H7NO8P2/c1-2(4)3-10-13(8,9)11-12(5,6)7/h1H3,(H,3,4)(H,8,9)(H2,5,6,7). The molecule has 9 nitrogen and oxygen atoms in total. The molecule has 0 saturated heterocycles. The van der Waals surface area contributed by atoms with Gasteiger partial charge in [0.25, 0.3) is 0 Å². The Kier molecular flexibility index (Phi) is 4.21. The highest BCUT2D eigenvalue weighted by atomic mass is 31.3. The van der Waals surface area contributed by atoms with E-state index < -0.39 is 21.6 Å². The second kappa shape index (κ2) is 4.30. The summed E-state index contributed by atoms with van der Waals surface area (Å²) in [4.78, 5) is 34.8. The molecule has 1 amide bonds. The van der Waals surface area contributed by atoms with Crippen molar-refractivity contribution >= 4 is 21.6 Å². The summed E-state index contributed by atoms with van der Waals surface area (Å²) in [7, 11) is -10.1. The quantitative estimate of drug-likeness (QED) is 0.368. The molecule has 0 aliphatic rings. The molecule has 0 aliphatic heterocycles. The van der Waals surface area contributed by atoms with Gasteiger partial charge in [0.15, 0.2) is 0 Å². The average Bonchev–Trinajstić information content (AvgIpc) is 1.78. The molecule has 4 N–H and O–H groups in total. The molecule has 0 aromatic rings. The number of hydrogen-bond acceptors (Lipinski definition) is 5. The fraction of sp³-hybridized carbons (Fsp3) is 0.500. The predicted molar refractivity (Wildman–Crippen MR) is 37.9 cm³/mol. The fourth-order valence-corrected chi connectivity index (χ4v) is 1.73. The highest BCUT2D eigenvalue weighted by Crippen LogP contribution is 2.56. The average molecular weight is 235 g/mol. The van der Waals surface area contributed by atoms with Crippen molar-refractivity contribution in [1.29, 1.82) is 0 Å². The van der Waals surface area contributed by atoms with Gasteiger partial charge >= 0.3 is 15.6 Å². The van der Waals surface area contributed by atoms with E-state index in [2.05, 4.69) is 8.94 Å². The van der Waals surface area contributed by atoms with Crippen LogP contribution < -0.4 is 5.48 Å². The molecular weight excluding hydrogens is 228 g/mol. The summed E-state index contributed by atoms with van der Waals surface area (Å²) < 4.78 is 27.6. The lowest BCUT2D eigenvalue weighted by molar-refractivity contribution is -0.126. The summed E-state index contributed by atoms with van der Waals surface area (Å²) >= 11 is 0. The molecule has 0 radical (unpaired) electrons. The first-order valence-electron chi connectivity index (χ1n) is 2.67. The summed E-state index contributed by atoms with van der Waals surface area (Å²) in [5, 5.41) is 0. The number of amides is 1. The van der Waals surface area contributed by atoms with Crippen LogP contribution in [0.3, 0.4) is 0 Å². The van der Waals surface area contributed by atoms with Crippen molar-refractivity contribution in [2.45, 2.75) is 6.92 Å². The van der Waals surface area contributed by atoms with E-state index in [0.29, 0.717) is 0 Å². The molecule has 0 heterocycles. The Morgan fingerprint density at radius 1 is 1.31 bits per heavy atom. The monoisotopic (exact) mass is 235 g/mol. The minimum atomic E-state index is -5.14. The van der Waals surface area contributed by atoms with Crippen LogP contribution in [0.1, 0.15) is 6.92 Å². The zero-order valence-electron chi connectivity index (χ0n) is 6.28. The van der Waals surface area contributed by atoms with Crippen molar-refractivity contribution < 1.29 is 37.5 Å². The maximum atomic E-state index is 10.5. The highest BCUT2D eigenvalue weighted by molar-refractivity contribution is 7.60. The van der Waals surface area contributed by atoms with Crippen LogP contribution in [0.25, 0.3) is 0 Å². The van der Waals surface area contributed by atoms with Crippen molar-refractivity contribution in [1.82, 2.24) is 5.48 Å². The third-order valence-corrected chi connectivity index (χ3v) is 2.51. The number of carbonyl (C=O) groups is 1. The first kappa shape index (κ1) is 12.7. The van der Waals surface area contributed by atoms with Crippen LogP contribution in [0, 0.1) is 0 Å². The Bertz CT molecular complexity index is 280. The smallest absolute Gasteiger partial charge is 0.302 e. The Balaban J connectivity index is 4.18. The molecule has 0 spiro atoms. The lowest BCUT2D eigenvalue weighted by Gasteiger charge is -2.10. The van der Waals surface area contributed by atoms with Gasteiger partial charge in [-0.15, -0.1) is 0 Å². The zero-order chi connectivity index (χ0) is 10.7. The van der Waals surface area contributed by atoms with E-state index in [0.717, 1.165) is 6.92 Å². The minimum absolute atomic E-state index is 0.830. The van der Waals surface area contributed by atoms with E-state index in [1.807, 2.05) is 0 Å². The van der Waals surface area contributed by atoms with E-state index in [1.54, 1.807) is 0 Å². The molecule has 11 heteroatoms. The molecule has 78 valence electrons. The van der Waals surface area contributed by atoms with Gasteiger partial charge in [-0.1, -0.05) is 0 Å². The Morgan fingerprint density at radius 2 is 1.77 bits per heavy atom. The van der Waals surface area contributed by atoms with E-state index in [-0.39, 0.29) is 0 Å². The van der Waals surface area contributed by atoms with Gasteiger partial charge in [0.05, 0.1) is 0 Å². The number of carbonyl (C=O) groups excluding carboxylic acids is 1. The molecular formula is C2H7NO8P2. The van der Waals surface area contributed by atoms with Crippen molar-refractivity contribution in [3.05, 3.63) is 0 Å². The first-order valence-corrected chi connectivity index (χ1v) is 5.70. The lowest BCUT2D eigenvalue weighted by Crippen LogP contribution is -2.18. The maximum absolute atomic E-state index is 10.5. The third-order valence-electron chi connectivity index (χ3n) is 0.514. The third kappa shape index (κ3) is 8.07. The molecule has 0 aromatic carbocycles. The number of hydrogen-bond donors (Lipinski definition) is 4. The second-order valence-corrected chi connectivity index (χ2v) is 4.54. The van der Waals surface area contributed by atoms with Crippen LogP contribution in [0.5, 0.6) is 0 Å². The number of nitrogens with one attached hydrogen (secondary N) is 1. The molecule has 0 saturated carbocycles.